The molecule has 0 saturated carbocycles. The standard InChI is InChI=1S/C2H4O3.C2H4O2S/c3-1-2(4)5;3-2(4)1-5/h3H,1H2,(H,4,5);5H,1H2,(H,3,4). The van der Waals surface area contributed by atoms with Gasteiger partial charge in [0, 0.05) is 0 Å². The Morgan fingerprint density at radius 1 is 1.20 bits per heavy atom. The van der Waals surface area contributed by atoms with Gasteiger partial charge in [0.2, 0.25) is 0 Å². The van der Waals surface area contributed by atoms with Gasteiger partial charge in [0.05, 0.1) is 5.75 Å². The van der Waals surface area contributed by atoms with Gasteiger partial charge in [0.1, 0.15) is 6.61 Å². The summed E-state index contributed by atoms with van der Waals surface area (Å²) in [4.78, 5) is 18.4. The lowest BCUT2D eigenvalue weighted by molar-refractivity contribution is -0.140. The fraction of sp³-hybridized carbons (Fsp3) is 0.500. The predicted octanol–water partition coefficient (Wildman–Crippen LogP) is -0.936. The maximum atomic E-state index is 9.29. The Bertz CT molecular complexity index is 98.2. The number of carbonyl (C=O) groups is 2. The van der Waals surface area contributed by atoms with Crippen LogP contribution in [0.1, 0.15) is 0 Å². The molecule has 0 rings (SSSR count). The zero-order chi connectivity index (χ0) is 8.57. The van der Waals surface area contributed by atoms with Crippen LogP contribution in [0.5, 0.6) is 0 Å². The predicted molar refractivity (Wildman–Crippen MR) is 36.2 cm³/mol. The molecule has 6 heteroatoms. The first-order chi connectivity index (χ1) is 4.54. The molecule has 0 heterocycles. The molecule has 3 N–H and O–H groups in total. The van der Waals surface area contributed by atoms with Gasteiger partial charge in [-0.05, 0) is 0 Å². The molecule has 0 radical (unpaired) electrons. The van der Waals surface area contributed by atoms with Crippen LogP contribution >= 0.6 is 12.6 Å². The van der Waals surface area contributed by atoms with E-state index < -0.39 is 18.5 Å². The van der Waals surface area contributed by atoms with Crippen molar-refractivity contribution in [1.29, 1.82) is 0 Å². The molecule has 5 nitrogen and oxygen atoms in total. The summed E-state index contributed by atoms with van der Waals surface area (Å²) in [7, 11) is 0. The summed E-state index contributed by atoms with van der Waals surface area (Å²) in [5, 5.41) is 22.7. The Hall–Kier alpha value is -0.750. The molecule has 0 aliphatic carbocycles. The van der Waals surface area contributed by atoms with Crippen molar-refractivity contribution in [3.63, 3.8) is 0 Å². The van der Waals surface area contributed by atoms with Gasteiger partial charge >= 0.3 is 11.9 Å². The molecule has 0 aromatic carbocycles. The first kappa shape index (κ1) is 12.0. The third-order valence-electron chi connectivity index (χ3n) is 0.271. The van der Waals surface area contributed by atoms with E-state index in [2.05, 4.69) is 12.6 Å². The Balaban J connectivity index is 0. The topological polar surface area (TPSA) is 94.8 Å². The third-order valence-corrected chi connectivity index (χ3v) is 0.541. The van der Waals surface area contributed by atoms with E-state index in [9.17, 15) is 4.79 Å². The fourth-order valence-corrected chi connectivity index (χ4v) is 0. The van der Waals surface area contributed by atoms with Crippen molar-refractivity contribution >= 4 is 24.6 Å². The van der Waals surface area contributed by atoms with Gasteiger partial charge in [-0.15, -0.1) is 0 Å². The monoisotopic (exact) mass is 168 g/mol. The van der Waals surface area contributed by atoms with Crippen LogP contribution in [-0.2, 0) is 9.59 Å². The molecule has 0 atom stereocenters. The molecule has 10 heavy (non-hydrogen) atoms. The number of rotatable bonds is 2. The number of hydrogen-bond donors (Lipinski definition) is 4. The number of hydrogen-bond acceptors (Lipinski definition) is 4. The van der Waals surface area contributed by atoms with Crippen molar-refractivity contribution in [3.05, 3.63) is 0 Å². The molecular formula is C4H8O5S. The van der Waals surface area contributed by atoms with Gasteiger partial charge in [-0.1, -0.05) is 0 Å². The lowest BCUT2D eigenvalue weighted by Crippen LogP contribution is -1.98. The van der Waals surface area contributed by atoms with E-state index in [1.807, 2.05) is 0 Å². The molecule has 0 unspecified atom stereocenters. The van der Waals surface area contributed by atoms with Gasteiger partial charge in [0.15, 0.2) is 0 Å². The first-order valence-electron chi connectivity index (χ1n) is 2.20. The van der Waals surface area contributed by atoms with E-state index in [0.29, 0.717) is 0 Å². The van der Waals surface area contributed by atoms with Crippen molar-refractivity contribution in [2.24, 2.45) is 0 Å². The van der Waals surface area contributed by atoms with E-state index >= 15 is 0 Å². The number of carboxylic acids is 2. The summed E-state index contributed by atoms with van der Waals surface area (Å²) in [6, 6.07) is 0. The first-order valence-corrected chi connectivity index (χ1v) is 2.83. The smallest absolute Gasteiger partial charge is 0.329 e. The molecule has 60 valence electrons. The number of carboxylic acid groups (broad SMARTS) is 2. The Morgan fingerprint density at radius 2 is 1.40 bits per heavy atom. The number of aliphatic carboxylic acids is 2. The summed E-state index contributed by atoms with van der Waals surface area (Å²) in [6.07, 6.45) is 0. The highest BCUT2D eigenvalue weighted by molar-refractivity contribution is 7.81. The zero-order valence-corrected chi connectivity index (χ0v) is 5.91. The van der Waals surface area contributed by atoms with Crippen molar-refractivity contribution in [2.45, 2.75) is 0 Å². The summed E-state index contributed by atoms with van der Waals surface area (Å²) in [5.41, 5.74) is 0. The molecule has 0 aliphatic heterocycles. The van der Waals surface area contributed by atoms with Crippen LogP contribution in [0.4, 0.5) is 0 Å². The minimum Gasteiger partial charge on any atom is -0.481 e. The summed E-state index contributed by atoms with van der Waals surface area (Å²) in [5.74, 6) is -2.15. The van der Waals surface area contributed by atoms with Crippen LogP contribution in [0.15, 0.2) is 0 Å². The number of aliphatic hydroxyl groups is 1. The molecular weight excluding hydrogens is 160 g/mol. The molecule has 0 amide bonds. The Labute approximate surface area is 62.7 Å². The van der Waals surface area contributed by atoms with Crippen LogP contribution in [0.2, 0.25) is 0 Å². The van der Waals surface area contributed by atoms with Crippen LogP contribution in [0.3, 0.4) is 0 Å². The van der Waals surface area contributed by atoms with Crippen molar-refractivity contribution in [2.75, 3.05) is 12.4 Å². The quantitative estimate of drug-likeness (QED) is 0.399. The van der Waals surface area contributed by atoms with Crippen LogP contribution in [-0.4, -0.2) is 39.6 Å². The molecule has 0 saturated heterocycles. The number of aliphatic hydroxyl groups excluding tert-OH is 1. The third kappa shape index (κ3) is 26.8. The maximum absolute atomic E-state index is 9.29. The summed E-state index contributed by atoms with van der Waals surface area (Å²) >= 11 is 3.42. The molecule has 0 spiro atoms. The van der Waals surface area contributed by atoms with E-state index in [0.717, 1.165) is 0 Å². The zero-order valence-electron chi connectivity index (χ0n) is 5.02. The maximum Gasteiger partial charge on any atom is 0.329 e. The van der Waals surface area contributed by atoms with Crippen LogP contribution in [0.25, 0.3) is 0 Å². The van der Waals surface area contributed by atoms with E-state index in [-0.39, 0.29) is 5.75 Å². The van der Waals surface area contributed by atoms with Crippen molar-refractivity contribution in [3.8, 4) is 0 Å². The van der Waals surface area contributed by atoms with Crippen molar-refractivity contribution in [1.82, 2.24) is 0 Å². The minimum absolute atomic E-state index is 0.0833. The summed E-state index contributed by atoms with van der Waals surface area (Å²) < 4.78 is 0. The van der Waals surface area contributed by atoms with Crippen LogP contribution < -0.4 is 0 Å². The van der Waals surface area contributed by atoms with Gasteiger partial charge in [0.25, 0.3) is 0 Å². The van der Waals surface area contributed by atoms with Gasteiger partial charge in [-0.3, -0.25) is 4.79 Å². The SMILES string of the molecule is O=C(O)CO.O=C(O)CS. The highest BCUT2D eigenvalue weighted by atomic mass is 32.1. The van der Waals surface area contributed by atoms with E-state index in [4.69, 9.17) is 20.1 Å². The fourth-order valence-electron chi connectivity index (χ4n) is 0. The van der Waals surface area contributed by atoms with Gasteiger partial charge in [-0.2, -0.15) is 12.6 Å². The highest BCUT2D eigenvalue weighted by Gasteiger charge is 1.82. The summed E-state index contributed by atoms with van der Waals surface area (Å²) in [6.45, 7) is -0.778. The largest absolute Gasteiger partial charge is 0.481 e. The van der Waals surface area contributed by atoms with E-state index in [1.54, 1.807) is 0 Å². The lowest BCUT2D eigenvalue weighted by atomic mass is 10.8. The lowest BCUT2D eigenvalue weighted by Gasteiger charge is -1.72. The normalized spacial score (nSPS) is 7.40. The molecule has 0 aliphatic rings. The molecule has 0 fully saturated rings. The molecule has 0 aromatic rings. The minimum atomic E-state index is -1.19. The Morgan fingerprint density at radius 3 is 1.40 bits per heavy atom. The second-order valence-corrected chi connectivity index (χ2v) is 1.42. The van der Waals surface area contributed by atoms with Crippen molar-refractivity contribution < 1.29 is 24.9 Å². The molecule has 0 bridgehead atoms. The van der Waals surface area contributed by atoms with E-state index in [1.165, 1.54) is 0 Å². The highest BCUT2D eigenvalue weighted by Crippen LogP contribution is 1.66. The van der Waals surface area contributed by atoms with Gasteiger partial charge < -0.3 is 15.3 Å². The molecule has 0 aromatic heterocycles. The second-order valence-electron chi connectivity index (χ2n) is 1.10. The Kier molecular flexibility index (Phi) is 9.88. The average molecular weight is 168 g/mol. The number of thiol groups is 1. The van der Waals surface area contributed by atoms with Crippen LogP contribution in [0, 0.1) is 0 Å². The van der Waals surface area contributed by atoms with Gasteiger partial charge in [-0.25, -0.2) is 4.79 Å². The average Bonchev–Trinajstić information content (AvgIpc) is 1.89. The second kappa shape index (κ2) is 8.25.